The minimum absolute atomic E-state index is 1.22. The van der Waals surface area contributed by atoms with Gasteiger partial charge in [0, 0.05) is 25.0 Å². The van der Waals surface area contributed by atoms with Crippen LogP contribution in [0.5, 0.6) is 0 Å². The fourth-order valence-corrected chi connectivity index (χ4v) is 1.55. The van der Waals surface area contributed by atoms with Crippen LogP contribution in [0.1, 0.15) is 18.5 Å². The summed E-state index contributed by atoms with van der Waals surface area (Å²) in [5.41, 5.74) is 1.49. The average molecular weight is 234 g/mol. The smallest absolute Gasteiger partial charge is 0.181 e. The molecule has 0 atom stereocenters. The molecule has 0 N–H and O–H groups in total. The predicted molar refractivity (Wildman–Crippen MR) is 39.6 cm³/mol. The van der Waals surface area contributed by atoms with E-state index in [1.807, 2.05) is 0 Å². The lowest BCUT2D eigenvalue weighted by Gasteiger charge is -2.17. The fourth-order valence-electron chi connectivity index (χ4n) is 1.55. The Balaban J connectivity index is 0.000000195. The second kappa shape index (κ2) is 5.39. The third kappa shape index (κ3) is 5.66. The van der Waals surface area contributed by atoms with Crippen molar-refractivity contribution in [3.05, 3.63) is 30.1 Å². The van der Waals surface area contributed by atoms with Crippen molar-refractivity contribution >= 4 is 0 Å². The minimum atomic E-state index is -4.94. The molecule has 0 radical (unpaired) electrons. The summed E-state index contributed by atoms with van der Waals surface area (Å²) in [6, 6.07) is 6.45. The Morgan fingerprint density at radius 2 is 1.73 bits per heavy atom. The first-order valence-electron chi connectivity index (χ1n) is 4.56. The van der Waals surface area contributed by atoms with E-state index >= 15 is 0 Å². The molecule has 0 saturated heterocycles. The highest BCUT2D eigenvalue weighted by Crippen LogP contribution is 2.05. The van der Waals surface area contributed by atoms with Crippen LogP contribution < -0.4 is 23.2 Å². The molecule has 0 aromatic carbocycles. The molecular weight excluding hydrogens is 222 g/mol. The van der Waals surface area contributed by atoms with Gasteiger partial charge in [-0.25, -0.2) is 23.2 Å². The predicted octanol–water partition coefficient (Wildman–Crippen LogP) is -3.45. The van der Waals surface area contributed by atoms with Gasteiger partial charge < -0.3 is 0 Å². The number of rotatable bonds is 0. The Morgan fingerprint density at radius 3 is 2.33 bits per heavy atom. The molecule has 0 bridgehead atoms. The molecule has 6 heteroatoms. The summed E-state index contributed by atoms with van der Waals surface area (Å²) in [4.78, 5) is 0. The molecule has 2 heterocycles. The van der Waals surface area contributed by atoms with Gasteiger partial charge in [-0.3, -0.25) is 0 Å². The number of aryl methyl sites for hydroxylation is 2. The van der Waals surface area contributed by atoms with Gasteiger partial charge in [-0.05, 0) is 6.42 Å². The number of aromatic nitrogens is 1. The van der Waals surface area contributed by atoms with Crippen LogP contribution in [0.3, 0.4) is 0 Å². The molecule has 15 heavy (non-hydrogen) atoms. The van der Waals surface area contributed by atoms with Gasteiger partial charge in [0.25, 0.3) is 0 Å². The molecule has 1 aromatic heterocycles. The first kappa shape index (κ1) is 12.4. The van der Waals surface area contributed by atoms with Crippen LogP contribution in [0.2, 0.25) is 0 Å². The quantitative estimate of drug-likeness (QED) is 0.436. The summed E-state index contributed by atoms with van der Waals surface area (Å²) in [5.74, 6) is 0. The van der Waals surface area contributed by atoms with E-state index in [-0.39, 0.29) is 0 Å². The average Bonchev–Trinajstić information content (AvgIpc) is 2.16. The van der Waals surface area contributed by atoms with Crippen molar-refractivity contribution in [3.63, 3.8) is 0 Å². The molecular formula is C9H12ClNO4. The summed E-state index contributed by atoms with van der Waals surface area (Å²) in [5, 5.41) is 0. The molecule has 0 unspecified atom stereocenters. The summed E-state index contributed by atoms with van der Waals surface area (Å²) in [7, 11) is -4.94. The van der Waals surface area contributed by atoms with Crippen molar-refractivity contribution in [1.29, 1.82) is 0 Å². The van der Waals surface area contributed by atoms with E-state index in [4.69, 9.17) is 18.6 Å². The highest BCUT2D eigenvalue weighted by atomic mass is 35.7. The number of fused-ring (bicyclic) bond motifs is 1. The zero-order valence-electron chi connectivity index (χ0n) is 8.10. The summed E-state index contributed by atoms with van der Waals surface area (Å²) >= 11 is 0. The molecule has 0 aliphatic carbocycles. The summed E-state index contributed by atoms with van der Waals surface area (Å²) < 4.78 is 36.3. The number of pyridine rings is 1. The van der Waals surface area contributed by atoms with E-state index in [1.54, 1.807) is 0 Å². The zero-order valence-corrected chi connectivity index (χ0v) is 8.85. The highest BCUT2D eigenvalue weighted by molar-refractivity contribution is 4.97. The topological polar surface area (TPSA) is 96.1 Å². The van der Waals surface area contributed by atoms with Gasteiger partial charge in [-0.1, -0.05) is 6.07 Å². The summed E-state index contributed by atoms with van der Waals surface area (Å²) in [6.45, 7) is 1.22. The van der Waals surface area contributed by atoms with Gasteiger partial charge in [-0.2, -0.15) is 0 Å². The van der Waals surface area contributed by atoms with E-state index in [0.717, 1.165) is 0 Å². The van der Waals surface area contributed by atoms with E-state index in [9.17, 15) is 0 Å². The van der Waals surface area contributed by atoms with Gasteiger partial charge in [0.15, 0.2) is 11.9 Å². The van der Waals surface area contributed by atoms with Crippen LogP contribution in [0.25, 0.3) is 0 Å². The van der Waals surface area contributed by atoms with Gasteiger partial charge in [0.05, 0.1) is 0 Å². The lowest BCUT2D eigenvalue weighted by molar-refractivity contribution is -2.00. The first-order chi connectivity index (χ1) is 6.97. The van der Waals surface area contributed by atoms with Gasteiger partial charge in [-0.15, -0.1) is 10.2 Å². The molecule has 0 fully saturated rings. The number of nitrogens with zero attached hydrogens (tertiary/aromatic N) is 1. The third-order valence-corrected chi connectivity index (χ3v) is 2.12. The van der Waals surface area contributed by atoms with E-state index in [2.05, 4.69) is 29.0 Å². The molecule has 0 saturated carbocycles. The van der Waals surface area contributed by atoms with Crippen molar-refractivity contribution in [2.24, 2.45) is 0 Å². The first-order valence-corrected chi connectivity index (χ1v) is 5.79. The lowest BCUT2D eigenvalue weighted by Crippen LogP contribution is -2.68. The lowest BCUT2D eigenvalue weighted by atomic mass is 10.1. The van der Waals surface area contributed by atoms with Crippen LogP contribution in [-0.4, -0.2) is 0 Å². The Labute approximate surface area is 90.0 Å². The molecule has 1 aliphatic heterocycles. The van der Waals surface area contributed by atoms with Crippen LogP contribution in [0, 0.1) is 10.2 Å². The van der Waals surface area contributed by atoms with Gasteiger partial charge in [0.1, 0.15) is 6.54 Å². The highest BCUT2D eigenvalue weighted by Gasteiger charge is 2.13. The number of hydrogen-bond donors (Lipinski definition) is 0. The number of hydrogen-bond acceptors (Lipinski definition) is 4. The normalized spacial score (nSPS) is 14.9. The second-order valence-electron chi connectivity index (χ2n) is 3.22. The van der Waals surface area contributed by atoms with Crippen molar-refractivity contribution in [2.75, 3.05) is 0 Å². The van der Waals surface area contributed by atoms with E-state index < -0.39 is 10.2 Å². The van der Waals surface area contributed by atoms with Crippen molar-refractivity contribution in [3.8, 4) is 0 Å². The Hall–Kier alpha value is -0.720. The van der Waals surface area contributed by atoms with Gasteiger partial charge >= 0.3 is 0 Å². The van der Waals surface area contributed by atoms with Crippen LogP contribution in [-0.2, 0) is 13.0 Å². The maximum Gasteiger partial charge on any atom is 0.181 e. The van der Waals surface area contributed by atoms with Crippen molar-refractivity contribution in [1.82, 2.24) is 0 Å². The van der Waals surface area contributed by atoms with Gasteiger partial charge in [0.2, 0.25) is 0 Å². The van der Waals surface area contributed by atoms with Crippen LogP contribution in [0.15, 0.2) is 24.4 Å². The molecule has 84 valence electrons. The Bertz CT molecular complexity index is 282. The molecule has 0 spiro atoms. The molecule has 5 nitrogen and oxygen atoms in total. The van der Waals surface area contributed by atoms with Crippen molar-refractivity contribution < 1.29 is 33.4 Å². The zero-order chi connectivity index (χ0) is 11.3. The molecule has 0 amide bonds. The van der Waals surface area contributed by atoms with Crippen LogP contribution >= 0.6 is 0 Å². The summed E-state index contributed by atoms with van der Waals surface area (Å²) in [6.07, 6.45) is 6.15. The van der Waals surface area contributed by atoms with E-state index in [0.29, 0.717) is 0 Å². The molecule has 2 rings (SSSR count). The number of halogens is 1. The Morgan fingerprint density at radius 1 is 1.07 bits per heavy atom. The fraction of sp³-hybridized carbons (Fsp3) is 0.444. The molecule has 1 aromatic rings. The standard InChI is InChI=1S/C9H12N.ClHO4/c1-3-7-10-8-4-2-6-9(10)5-1;2-1(3,4)5/h1,3,5,7H,2,4,6,8H2;(H,2,3,4,5)/q+1;/p-1. The largest absolute Gasteiger partial charge is 0.222 e. The maximum atomic E-state index is 8.49. The molecule has 1 aliphatic rings. The maximum absolute atomic E-state index is 8.49. The van der Waals surface area contributed by atoms with Crippen molar-refractivity contribution in [2.45, 2.75) is 25.8 Å². The van der Waals surface area contributed by atoms with Crippen LogP contribution in [0.4, 0.5) is 0 Å². The monoisotopic (exact) mass is 233 g/mol. The third-order valence-electron chi connectivity index (χ3n) is 2.12. The van der Waals surface area contributed by atoms with E-state index in [1.165, 1.54) is 31.5 Å². The Kier molecular flexibility index (Phi) is 4.44. The SMILES string of the molecule is [O-][Cl+3]([O-])([O-])[O-].c1cc[n+]2c(c1)CCCC2. The minimum Gasteiger partial charge on any atom is -0.222 e. The second-order valence-corrected chi connectivity index (χ2v) is 3.98.